The molecule has 0 unspecified atom stereocenters. The zero-order chi connectivity index (χ0) is 24.6. The summed E-state index contributed by atoms with van der Waals surface area (Å²) in [5.74, 6) is 2.36. The van der Waals surface area contributed by atoms with E-state index < -0.39 is 0 Å². The molecule has 9 nitrogen and oxygen atoms in total. The molecule has 2 N–H and O–H groups in total. The van der Waals surface area contributed by atoms with Crippen LogP contribution in [-0.4, -0.2) is 74.4 Å². The van der Waals surface area contributed by atoms with Crippen molar-refractivity contribution in [1.29, 1.82) is 0 Å². The number of nitrogens with one attached hydrogen (secondary N) is 2. The van der Waals surface area contributed by atoms with E-state index in [1.54, 1.807) is 0 Å². The molecule has 4 rings (SSSR count). The summed E-state index contributed by atoms with van der Waals surface area (Å²) in [5.41, 5.74) is 3.28. The summed E-state index contributed by atoms with van der Waals surface area (Å²) in [6, 6.07) is 14.5. The predicted molar refractivity (Wildman–Crippen MR) is 138 cm³/mol. The summed E-state index contributed by atoms with van der Waals surface area (Å²) < 4.78 is 11.1. The number of amides is 2. The van der Waals surface area contributed by atoms with Gasteiger partial charge in [0, 0.05) is 48.3 Å². The summed E-state index contributed by atoms with van der Waals surface area (Å²) in [5, 5.41) is 5.69. The number of morpholine rings is 1. The third-order valence-corrected chi connectivity index (χ3v) is 5.58. The van der Waals surface area contributed by atoms with Crippen molar-refractivity contribution in [2.75, 3.05) is 69.1 Å². The topological polar surface area (TPSA) is 91.8 Å². The van der Waals surface area contributed by atoms with E-state index in [1.807, 2.05) is 75.7 Å². The van der Waals surface area contributed by atoms with Gasteiger partial charge in [-0.05, 0) is 69.6 Å². The van der Waals surface area contributed by atoms with E-state index in [4.69, 9.17) is 14.5 Å². The van der Waals surface area contributed by atoms with Crippen molar-refractivity contribution in [3.8, 4) is 17.1 Å². The average Bonchev–Trinajstić information content (AvgIpc) is 2.86. The smallest absolute Gasteiger partial charge is 0.323 e. The lowest BCUT2D eigenvalue weighted by Gasteiger charge is -2.29. The Hall–Kier alpha value is -3.69. The SMILES string of the molecule is Cc1cnc(-c2ccc(NC(=O)Nc3ccc(OCCN(C)C)cc3)cc2)nc1N1CCOCC1. The highest BCUT2D eigenvalue weighted by Gasteiger charge is 2.16. The molecule has 9 heteroatoms. The second-order valence-electron chi connectivity index (χ2n) is 8.63. The van der Waals surface area contributed by atoms with E-state index in [2.05, 4.69) is 25.4 Å². The molecule has 0 bridgehead atoms. The normalized spacial score (nSPS) is 13.5. The standard InChI is InChI=1S/C26H32N6O3/c1-19-18-27-24(30-25(19)32-13-15-34-16-14-32)20-4-6-21(7-5-20)28-26(33)29-22-8-10-23(11-9-22)35-17-12-31(2)3/h4-11,18H,12-17H2,1-3H3,(H2,28,29,33). The van der Waals surface area contributed by atoms with Crippen LogP contribution in [0.4, 0.5) is 22.0 Å². The zero-order valence-electron chi connectivity index (χ0n) is 20.5. The number of rotatable bonds is 8. The number of hydrogen-bond acceptors (Lipinski definition) is 7. The molecule has 1 saturated heterocycles. The highest BCUT2D eigenvalue weighted by molar-refractivity contribution is 5.99. The Morgan fingerprint density at radius 2 is 1.66 bits per heavy atom. The van der Waals surface area contributed by atoms with Crippen LogP contribution in [0.1, 0.15) is 5.56 Å². The van der Waals surface area contributed by atoms with Gasteiger partial charge in [0.25, 0.3) is 0 Å². The first-order valence-corrected chi connectivity index (χ1v) is 11.7. The number of likely N-dealkylation sites (N-methyl/N-ethyl adjacent to an activating group) is 1. The van der Waals surface area contributed by atoms with Gasteiger partial charge < -0.3 is 29.9 Å². The fourth-order valence-corrected chi connectivity index (χ4v) is 3.64. The number of hydrogen-bond donors (Lipinski definition) is 2. The Bertz CT molecular complexity index is 1110. The highest BCUT2D eigenvalue weighted by atomic mass is 16.5. The molecule has 35 heavy (non-hydrogen) atoms. The fraction of sp³-hybridized carbons (Fsp3) is 0.346. The van der Waals surface area contributed by atoms with E-state index in [-0.39, 0.29) is 6.03 Å². The number of nitrogens with zero attached hydrogens (tertiary/aromatic N) is 4. The van der Waals surface area contributed by atoms with E-state index in [9.17, 15) is 4.79 Å². The molecule has 2 amide bonds. The lowest BCUT2D eigenvalue weighted by atomic mass is 10.2. The van der Waals surface area contributed by atoms with Gasteiger partial charge in [0.05, 0.1) is 13.2 Å². The first kappa shape index (κ1) is 24.4. The van der Waals surface area contributed by atoms with E-state index in [1.165, 1.54) is 0 Å². The highest BCUT2D eigenvalue weighted by Crippen LogP contribution is 2.24. The van der Waals surface area contributed by atoms with Crippen molar-refractivity contribution in [2.24, 2.45) is 0 Å². The molecule has 1 aromatic heterocycles. The Morgan fingerprint density at radius 3 is 2.29 bits per heavy atom. The Balaban J connectivity index is 1.33. The van der Waals surface area contributed by atoms with Crippen LogP contribution in [0.15, 0.2) is 54.7 Å². The number of benzene rings is 2. The molecule has 1 fully saturated rings. The third kappa shape index (κ3) is 6.91. The number of ether oxygens (including phenoxy) is 2. The molecule has 2 heterocycles. The number of anilines is 3. The van der Waals surface area contributed by atoms with Crippen molar-refractivity contribution in [3.05, 3.63) is 60.3 Å². The summed E-state index contributed by atoms with van der Waals surface area (Å²) in [6.45, 7) is 6.52. The second kappa shape index (κ2) is 11.6. The second-order valence-corrected chi connectivity index (χ2v) is 8.63. The first-order valence-electron chi connectivity index (χ1n) is 11.7. The Morgan fingerprint density at radius 1 is 1.03 bits per heavy atom. The maximum absolute atomic E-state index is 12.4. The van der Waals surface area contributed by atoms with Crippen LogP contribution >= 0.6 is 0 Å². The van der Waals surface area contributed by atoms with Crippen molar-refractivity contribution in [3.63, 3.8) is 0 Å². The molecular weight excluding hydrogens is 444 g/mol. The largest absolute Gasteiger partial charge is 0.492 e. The number of carbonyl (C=O) groups is 1. The van der Waals surface area contributed by atoms with Crippen molar-refractivity contribution in [2.45, 2.75) is 6.92 Å². The molecule has 0 radical (unpaired) electrons. The van der Waals surface area contributed by atoms with E-state index in [0.29, 0.717) is 37.0 Å². The van der Waals surface area contributed by atoms with E-state index in [0.717, 1.165) is 42.3 Å². The fourth-order valence-electron chi connectivity index (χ4n) is 3.64. The maximum Gasteiger partial charge on any atom is 0.323 e. The monoisotopic (exact) mass is 476 g/mol. The van der Waals surface area contributed by atoms with Gasteiger partial charge >= 0.3 is 6.03 Å². The molecule has 3 aromatic rings. The van der Waals surface area contributed by atoms with Crippen LogP contribution in [0.2, 0.25) is 0 Å². The lowest BCUT2D eigenvalue weighted by Crippen LogP contribution is -2.37. The van der Waals surface area contributed by atoms with Gasteiger partial charge in [-0.3, -0.25) is 0 Å². The summed E-state index contributed by atoms with van der Waals surface area (Å²) in [6.07, 6.45) is 1.85. The third-order valence-electron chi connectivity index (χ3n) is 5.58. The van der Waals surface area contributed by atoms with Crippen LogP contribution in [0.5, 0.6) is 5.75 Å². The van der Waals surface area contributed by atoms with Gasteiger partial charge in [-0.25, -0.2) is 14.8 Å². The Kier molecular flexibility index (Phi) is 8.12. The van der Waals surface area contributed by atoms with Gasteiger partial charge in [0.15, 0.2) is 5.82 Å². The Labute approximate surface area is 206 Å². The molecule has 0 spiro atoms. The average molecular weight is 477 g/mol. The number of aromatic nitrogens is 2. The van der Waals surface area contributed by atoms with Gasteiger partial charge in [0.1, 0.15) is 18.2 Å². The minimum absolute atomic E-state index is 0.319. The lowest BCUT2D eigenvalue weighted by molar-refractivity contribution is 0.122. The van der Waals surface area contributed by atoms with Gasteiger partial charge in [-0.15, -0.1) is 0 Å². The molecule has 0 aliphatic carbocycles. The van der Waals surface area contributed by atoms with Gasteiger partial charge in [-0.1, -0.05) is 0 Å². The molecule has 0 saturated carbocycles. The number of carbonyl (C=O) groups excluding carboxylic acids is 1. The molecule has 1 aliphatic heterocycles. The minimum Gasteiger partial charge on any atom is -0.492 e. The zero-order valence-corrected chi connectivity index (χ0v) is 20.5. The van der Waals surface area contributed by atoms with Crippen molar-refractivity contribution in [1.82, 2.24) is 14.9 Å². The number of aryl methyl sites for hydroxylation is 1. The maximum atomic E-state index is 12.4. The van der Waals surface area contributed by atoms with Crippen LogP contribution in [-0.2, 0) is 4.74 Å². The molecule has 2 aromatic carbocycles. The molecule has 1 aliphatic rings. The number of urea groups is 1. The van der Waals surface area contributed by atoms with Crippen LogP contribution < -0.4 is 20.3 Å². The van der Waals surface area contributed by atoms with Crippen LogP contribution in [0.25, 0.3) is 11.4 Å². The minimum atomic E-state index is -0.319. The summed E-state index contributed by atoms with van der Waals surface area (Å²) >= 11 is 0. The van der Waals surface area contributed by atoms with Crippen molar-refractivity contribution < 1.29 is 14.3 Å². The van der Waals surface area contributed by atoms with Gasteiger partial charge in [0.2, 0.25) is 0 Å². The van der Waals surface area contributed by atoms with Crippen LogP contribution in [0, 0.1) is 6.92 Å². The van der Waals surface area contributed by atoms with Crippen molar-refractivity contribution >= 4 is 23.2 Å². The molecule has 0 atom stereocenters. The predicted octanol–water partition coefficient (Wildman–Crippen LogP) is 3.87. The van der Waals surface area contributed by atoms with Crippen LogP contribution in [0.3, 0.4) is 0 Å². The summed E-state index contributed by atoms with van der Waals surface area (Å²) in [7, 11) is 4.00. The first-order chi connectivity index (χ1) is 17.0. The summed E-state index contributed by atoms with van der Waals surface area (Å²) in [4.78, 5) is 26.0. The molecular formula is C26H32N6O3. The molecule has 184 valence electrons. The van der Waals surface area contributed by atoms with E-state index >= 15 is 0 Å². The quantitative estimate of drug-likeness (QED) is 0.510. The van der Waals surface area contributed by atoms with Gasteiger partial charge in [-0.2, -0.15) is 0 Å².